The molecule has 0 spiro atoms. The number of halogens is 1. The van der Waals surface area contributed by atoms with Gasteiger partial charge in [-0.2, -0.15) is 0 Å². The third-order valence-corrected chi connectivity index (χ3v) is 6.67. The molecule has 0 amide bonds. The molecule has 5 heteroatoms. The average Bonchev–Trinajstić information content (AvgIpc) is 2.87. The van der Waals surface area contributed by atoms with Crippen molar-refractivity contribution in [2.24, 2.45) is 5.92 Å². The van der Waals surface area contributed by atoms with E-state index >= 15 is 4.39 Å². The number of aliphatic hydroxyl groups excluding tert-OH is 1. The van der Waals surface area contributed by atoms with E-state index < -0.39 is 0 Å². The van der Waals surface area contributed by atoms with Crippen molar-refractivity contribution >= 4 is 38.1 Å². The van der Waals surface area contributed by atoms with Gasteiger partial charge in [-0.15, -0.1) is 29.1 Å². The number of nitrogens with zero attached hydrogens (tertiary/aromatic N) is 1. The number of allylic oxidation sites excluding steroid dienone is 2. The molecule has 0 aliphatic heterocycles. The summed E-state index contributed by atoms with van der Waals surface area (Å²) in [5.41, 5.74) is 3.74. The maximum Gasteiger partial charge on any atom is 0.155 e. The number of carbonyl (C=O) groups excluding carboxylic acids is 1. The van der Waals surface area contributed by atoms with E-state index in [1.54, 1.807) is 12.3 Å². The van der Waals surface area contributed by atoms with Crippen LogP contribution in [0.15, 0.2) is 78.7 Å². The SMILES string of the molecule is CC(=O)/C=C(/C)O.CC(C)Cc1cc(-c2nccc3c(F)c(C(C)C)ccc23)[c-]c2ccc3ccccc3c12.[Ir]. The van der Waals surface area contributed by atoms with Crippen LogP contribution in [0.4, 0.5) is 4.39 Å². The first kappa shape index (κ1) is 31.1. The Morgan fingerprint density at radius 2 is 1.70 bits per heavy atom. The second-order valence-corrected chi connectivity index (χ2v) is 10.8. The molecule has 0 atom stereocenters. The molecule has 209 valence electrons. The summed E-state index contributed by atoms with van der Waals surface area (Å²) in [6, 6.07) is 24.3. The number of hydrogen-bond acceptors (Lipinski definition) is 3. The van der Waals surface area contributed by atoms with Crippen molar-refractivity contribution in [1.82, 2.24) is 4.98 Å². The molecule has 3 nitrogen and oxygen atoms in total. The molecule has 0 saturated heterocycles. The van der Waals surface area contributed by atoms with Crippen LogP contribution in [0.2, 0.25) is 0 Å². The molecule has 0 aliphatic rings. The normalized spacial score (nSPS) is 11.6. The van der Waals surface area contributed by atoms with Crippen LogP contribution in [0.3, 0.4) is 0 Å². The molecule has 1 aromatic heterocycles. The second kappa shape index (κ2) is 13.3. The van der Waals surface area contributed by atoms with Crippen LogP contribution in [0, 0.1) is 17.8 Å². The minimum atomic E-state index is -0.143. The third kappa shape index (κ3) is 6.83. The van der Waals surface area contributed by atoms with Gasteiger partial charge in [-0.3, -0.25) is 9.78 Å². The molecule has 1 radical (unpaired) electrons. The summed E-state index contributed by atoms with van der Waals surface area (Å²) >= 11 is 0. The van der Waals surface area contributed by atoms with Crippen molar-refractivity contribution in [2.75, 3.05) is 0 Å². The fourth-order valence-electron chi connectivity index (χ4n) is 5.07. The minimum Gasteiger partial charge on any atom is -0.512 e. The zero-order valence-corrected chi connectivity index (χ0v) is 26.2. The van der Waals surface area contributed by atoms with E-state index in [1.807, 2.05) is 26.0 Å². The fourth-order valence-corrected chi connectivity index (χ4v) is 5.07. The molecule has 0 fully saturated rings. The number of aromatic nitrogens is 1. The van der Waals surface area contributed by atoms with Crippen molar-refractivity contribution in [3.05, 3.63) is 102 Å². The van der Waals surface area contributed by atoms with Crippen LogP contribution >= 0.6 is 0 Å². The van der Waals surface area contributed by atoms with Crippen LogP contribution in [-0.2, 0) is 31.3 Å². The standard InChI is InChI=1S/C30H27FN.C5H8O2.Ir/c1-18(2)15-22-17-23(16-21-10-9-20-7-5-6-8-25(20)28(21)22)30-27-12-11-24(19(3)4)29(31)26(27)13-14-32-30;1-4(6)3-5(2)7;/h5-14,17-19H,15H2,1-4H3;3,6H,1-2H3;/q-1;;/b;4-3-;. The van der Waals surface area contributed by atoms with Crippen molar-refractivity contribution in [3.8, 4) is 11.3 Å². The first-order chi connectivity index (χ1) is 18.6. The molecular weight excluding hydrogens is 678 g/mol. The molecule has 1 heterocycles. The van der Waals surface area contributed by atoms with Crippen molar-refractivity contribution in [1.29, 1.82) is 0 Å². The summed E-state index contributed by atoms with van der Waals surface area (Å²) < 4.78 is 15.3. The molecule has 0 unspecified atom stereocenters. The van der Waals surface area contributed by atoms with Gasteiger partial charge in [0.25, 0.3) is 0 Å². The first-order valence-corrected chi connectivity index (χ1v) is 13.4. The predicted octanol–water partition coefficient (Wildman–Crippen LogP) is 9.50. The van der Waals surface area contributed by atoms with E-state index in [4.69, 9.17) is 5.11 Å². The maximum atomic E-state index is 15.3. The molecule has 4 aromatic carbocycles. The van der Waals surface area contributed by atoms with Gasteiger partial charge in [-0.1, -0.05) is 81.1 Å². The molecule has 0 bridgehead atoms. The minimum absolute atomic E-state index is 0. The van der Waals surface area contributed by atoms with Gasteiger partial charge in [0.1, 0.15) is 5.82 Å². The van der Waals surface area contributed by atoms with Gasteiger partial charge >= 0.3 is 0 Å². The van der Waals surface area contributed by atoms with Crippen molar-refractivity contribution < 1.29 is 34.4 Å². The van der Waals surface area contributed by atoms with E-state index in [2.05, 4.69) is 67.4 Å². The predicted molar refractivity (Wildman–Crippen MR) is 161 cm³/mol. The summed E-state index contributed by atoms with van der Waals surface area (Å²) in [7, 11) is 0. The Balaban J connectivity index is 0.000000492. The second-order valence-electron chi connectivity index (χ2n) is 10.8. The van der Waals surface area contributed by atoms with E-state index in [0.717, 1.165) is 34.0 Å². The Bertz CT molecular complexity index is 1700. The topological polar surface area (TPSA) is 50.2 Å². The number of fused-ring (bicyclic) bond motifs is 4. The van der Waals surface area contributed by atoms with Crippen molar-refractivity contribution in [2.45, 2.75) is 53.9 Å². The van der Waals surface area contributed by atoms with Gasteiger partial charge in [0.15, 0.2) is 5.78 Å². The van der Waals surface area contributed by atoms with E-state index in [0.29, 0.717) is 11.3 Å². The third-order valence-electron chi connectivity index (χ3n) is 6.67. The number of ketones is 1. The zero-order chi connectivity index (χ0) is 28.3. The number of carbonyl (C=O) groups is 1. The smallest absolute Gasteiger partial charge is 0.155 e. The quantitative estimate of drug-likeness (QED) is 0.0855. The summed E-state index contributed by atoms with van der Waals surface area (Å²) in [6.07, 6.45) is 3.84. The van der Waals surface area contributed by atoms with Crippen LogP contribution < -0.4 is 0 Å². The molecule has 0 aliphatic carbocycles. The van der Waals surface area contributed by atoms with Gasteiger partial charge in [0, 0.05) is 43.5 Å². The van der Waals surface area contributed by atoms with Gasteiger partial charge in [0.2, 0.25) is 0 Å². The molecular formula is C35H35FIrNO2-. The Morgan fingerprint density at radius 3 is 2.33 bits per heavy atom. The fraction of sp³-hybridized carbons (Fsp3) is 0.257. The summed E-state index contributed by atoms with van der Waals surface area (Å²) in [5, 5.41) is 14.6. The average molecular weight is 713 g/mol. The molecule has 0 saturated carbocycles. The Hall–Kier alpha value is -3.40. The zero-order valence-electron chi connectivity index (χ0n) is 23.8. The first-order valence-electron chi connectivity index (χ1n) is 13.4. The summed E-state index contributed by atoms with van der Waals surface area (Å²) in [4.78, 5) is 14.7. The van der Waals surface area contributed by atoms with E-state index in [1.165, 1.54) is 41.6 Å². The summed E-state index contributed by atoms with van der Waals surface area (Å²) in [5.74, 6) is 0.441. The molecule has 40 heavy (non-hydrogen) atoms. The number of benzene rings is 4. The van der Waals surface area contributed by atoms with Gasteiger partial charge in [0.05, 0.1) is 5.76 Å². The maximum absolute atomic E-state index is 15.3. The van der Waals surface area contributed by atoms with Crippen LogP contribution in [0.5, 0.6) is 0 Å². The van der Waals surface area contributed by atoms with E-state index in [-0.39, 0.29) is 43.4 Å². The number of hydrogen-bond donors (Lipinski definition) is 1. The van der Waals surface area contributed by atoms with Crippen molar-refractivity contribution in [3.63, 3.8) is 0 Å². The van der Waals surface area contributed by atoms with E-state index in [9.17, 15) is 4.79 Å². The monoisotopic (exact) mass is 713 g/mol. The largest absolute Gasteiger partial charge is 0.512 e. The Labute approximate surface area is 249 Å². The molecule has 5 aromatic rings. The van der Waals surface area contributed by atoms with Crippen LogP contribution in [0.1, 0.15) is 58.6 Å². The number of rotatable bonds is 5. The van der Waals surface area contributed by atoms with Gasteiger partial charge < -0.3 is 5.11 Å². The van der Waals surface area contributed by atoms with Crippen LogP contribution in [0.25, 0.3) is 43.6 Å². The molecule has 5 rings (SSSR count). The van der Waals surface area contributed by atoms with Gasteiger partial charge in [-0.05, 0) is 59.9 Å². The Morgan fingerprint density at radius 1 is 0.975 bits per heavy atom. The number of pyridine rings is 1. The van der Waals surface area contributed by atoms with Crippen LogP contribution in [-0.4, -0.2) is 15.9 Å². The molecule has 1 N–H and O–H groups in total. The van der Waals surface area contributed by atoms with Gasteiger partial charge in [-0.25, -0.2) is 4.39 Å². The number of aliphatic hydroxyl groups is 1. The Kier molecular flexibility index (Phi) is 10.4. The summed E-state index contributed by atoms with van der Waals surface area (Å²) in [6.45, 7) is 11.4.